The van der Waals surface area contributed by atoms with Crippen molar-refractivity contribution < 1.29 is 0 Å². The molecule has 9 rings (SSSR count). The molecule has 1 N–H and O–H groups in total. The lowest BCUT2D eigenvalue weighted by Crippen LogP contribution is -2.09. The van der Waals surface area contributed by atoms with Crippen molar-refractivity contribution in [1.82, 2.24) is 4.98 Å². The lowest BCUT2D eigenvalue weighted by atomic mass is 9.96. The predicted molar refractivity (Wildman–Crippen MR) is 196 cm³/mol. The number of anilines is 3. The van der Waals surface area contributed by atoms with E-state index in [1.54, 1.807) is 0 Å². The largest absolute Gasteiger partial charge is 0.354 e. The molecule has 0 radical (unpaired) electrons. The Morgan fingerprint density at radius 3 is 1.43 bits per heavy atom. The summed E-state index contributed by atoms with van der Waals surface area (Å²) in [7, 11) is 0. The molecule has 0 bridgehead atoms. The van der Waals surface area contributed by atoms with Crippen molar-refractivity contribution in [2.75, 3.05) is 4.90 Å². The van der Waals surface area contributed by atoms with Crippen LogP contribution in [0.25, 0.3) is 65.6 Å². The summed E-state index contributed by atoms with van der Waals surface area (Å²) in [6, 6.07) is 63.2. The number of rotatable bonds is 5. The fraction of sp³-hybridized carbons (Fsp3) is 0. The number of nitrogens with zero attached hydrogens (tertiary/aromatic N) is 1. The van der Waals surface area contributed by atoms with Crippen LogP contribution in [0.5, 0.6) is 0 Å². The van der Waals surface area contributed by atoms with Gasteiger partial charge in [-0.25, -0.2) is 0 Å². The summed E-state index contributed by atoms with van der Waals surface area (Å²) in [5, 5.41) is 7.68. The third-order valence-electron chi connectivity index (χ3n) is 9.19. The van der Waals surface area contributed by atoms with E-state index in [0.29, 0.717) is 0 Å². The van der Waals surface area contributed by atoms with Crippen LogP contribution in [0.2, 0.25) is 0 Å². The van der Waals surface area contributed by atoms with Gasteiger partial charge in [0.1, 0.15) is 0 Å². The van der Waals surface area contributed by atoms with Gasteiger partial charge >= 0.3 is 0 Å². The van der Waals surface area contributed by atoms with Crippen molar-refractivity contribution in [1.29, 1.82) is 0 Å². The van der Waals surface area contributed by atoms with E-state index >= 15 is 0 Å². The molecule has 0 spiro atoms. The zero-order valence-electron chi connectivity index (χ0n) is 25.2. The van der Waals surface area contributed by atoms with Gasteiger partial charge in [-0.3, -0.25) is 0 Å². The summed E-state index contributed by atoms with van der Waals surface area (Å²) in [5.74, 6) is 0. The van der Waals surface area contributed by atoms with Crippen LogP contribution in [0.4, 0.5) is 17.1 Å². The summed E-state index contributed by atoms with van der Waals surface area (Å²) in [6.45, 7) is 0. The molecular formula is C44H30N2. The van der Waals surface area contributed by atoms with E-state index in [9.17, 15) is 0 Å². The minimum Gasteiger partial charge on any atom is -0.354 e. The number of nitrogens with one attached hydrogen (secondary N) is 1. The molecule has 0 saturated heterocycles. The Balaban J connectivity index is 1.11. The highest BCUT2D eigenvalue weighted by atomic mass is 15.1. The molecule has 1 aromatic heterocycles. The van der Waals surface area contributed by atoms with Gasteiger partial charge in [-0.05, 0) is 80.9 Å². The first kappa shape index (κ1) is 26.3. The molecule has 1 heterocycles. The van der Waals surface area contributed by atoms with E-state index in [1.165, 1.54) is 60.1 Å². The molecule has 0 aliphatic heterocycles. The Hall–Kier alpha value is -6.12. The zero-order chi connectivity index (χ0) is 30.5. The smallest absolute Gasteiger partial charge is 0.0551 e. The first-order valence-corrected chi connectivity index (χ1v) is 15.8. The zero-order valence-corrected chi connectivity index (χ0v) is 25.2. The number of fused-ring (bicyclic) bond motifs is 8. The van der Waals surface area contributed by atoms with E-state index in [2.05, 4.69) is 186 Å². The van der Waals surface area contributed by atoms with Crippen molar-refractivity contribution in [3.8, 4) is 22.3 Å². The molecule has 2 nitrogen and oxygen atoms in total. The van der Waals surface area contributed by atoms with Gasteiger partial charge in [-0.15, -0.1) is 0 Å². The molecule has 0 aliphatic rings. The number of benzene rings is 8. The first-order valence-electron chi connectivity index (χ1n) is 15.8. The average molecular weight is 587 g/mol. The molecule has 0 amide bonds. The predicted octanol–water partition coefficient (Wildman–Crippen LogP) is 12.4. The Kier molecular flexibility index (Phi) is 6.17. The third-order valence-corrected chi connectivity index (χ3v) is 9.19. The second-order valence-corrected chi connectivity index (χ2v) is 11.9. The molecule has 0 aliphatic carbocycles. The van der Waals surface area contributed by atoms with Crippen molar-refractivity contribution >= 4 is 60.4 Å². The maximum Gasteiger partial charge on any atom is 0.0551 e. The van der Waals surface area contributed by atoms with E-state index in [1.807, 2.05) is 0 Å². The topological polar surface area (TPSA) is 19.0 Å². The highest BCUT2D eigenvalue weighted by Gasteiger charge is 2.15. The molecule has 0 saturated carbocycles. The summed E-state index contributed by atoms with van der Waals surface area (Å²) in [5.41, 5.74) is 10.5. The van der Waals surface area contributed by atoms with Crippen molar-refractivity contribution in [2.24, 2.45) is 0 Å². The van der Waals surface area contributed by atoms with Gasteiger partial charge in [0.15, 0.2) is 0 Å². The van der Waals surface area contributed by atoms with Crippen LogP contribution in [0.3, 0.4) is 0 Å². The fourth-order valence-electron chi connectivity index (χ4n) is 6.99. The van der Waals surface area contributed by atoms with E-state index in [4.69, 9.17) is 0 Å². The lowest BCUT2D eigenvalue weighted by Gasteiger charge is -2.26. The maximum atomic E-state index is 3.80. The average Bonchev–Trinajstić information content (AvgIpc) is 3.53. The summed E-state index contributed by atoms with van der Waals surface area (Å²) < 4.78 is 0. The number of hydrogen-bond acceptors (Lipinski definition) is 1. The summed E-state index contributed by atoms with van der Waals surface area (Å²) >= 11 is 0. The SMILES string of the molecule is c1ccc(-c2ccc(N(c3ccccc3)c3ccc(-c4ccc5c(c4)[nH]c4c6ccccc6c6ccccc6c54)cc3)cc2)cc1. The van der Waals surface area contributed by atoms with E-state index in [0.717, 1.165) is 22.6 Å². The second-order valence-electron chi connectivity index (χ2n) is 11.9. The molecule has 0 fully saturated rings. The Morgan fingerprint density at radius 1 is 0.326 bits per heavy atom. The van der Waals surface area contributed by atoms with Gasteiger partial charge < -0.3 is 9.88 Å². The monoisotopic (exact) mass is 586 g/mol. The normalized spacial score (nSPS) is 11.5. The molecule has 0 atom stereocenters. The van der Waals surface area contributed by atoms with Gasteiger partial charge in [-0.1, -0.05) is 133 Å². The third kappa shape index (κ3) is 4.35. The molecule has 216 valence electrons. The summed E-state index contributed by atoms with van der Waals surface area (Å²) in [6.07, 6.45) is 0. The van der Waals surface area contributed by atoms with Gasteiger partial charge in [0, 0.05) is 38.7 Å². The van der Waals surface area contributed by atoms with Crippen LogP contribution in [0, 0.1) is 0 Å². The Bertz CT molecular complexity index is 2490. The number of aromatic nitrogens is 1. The van der Waals surface area contributed by atoms with Crippen LogP contribution < -0.4 is 4.90 Å². The molecule has 9 aromatic rings. The quantitative estimate of drug-likeness (QED) is 0.199. The molecule has 8 aromatic carbocycles. The van der Waals surface area contributed by atoms with Gasteiger partial charge in [0.05, 0.1) is 5.52 Å². The van der Waals surface area contributed by atoms with Crippen molar-refractivity contribution in [3.63, 3.8) is 0 Å². The van der Waals surface area contributed by atoms with Crippen LogP contribution >= 0.6 is 0 Å². The van der Waals surface area contributed by atoms with Crippen LogP contribution in [0.1, 0.15) is 0 Å². The van der Waals surface area contributed by atoms with Crippen LogP contribution in [-0.4, -0.2) is 4.98 Å². The van der Waals surface area contributed by atoms with Crippen LogP contribution in [-0.2, 0) is 0 Å². The number of H-pyrrole nitrogens is 1. The first-order chi connectivity index (χ1) is 22.8. The van der Waals surface area contributed by atoms with E-state index < -0.39 is 0 Å². The van der Waals surface area contributed by atoms with Gasteiger partial charge in [-0.2, -0.15) is 0 Å². The Labute approximate surface area is 267 Å². The molecule has 46 heavy (non-hydrogen) atoms. The van der Waals surface area contributed by atoms with Gasteiger partial charge in [0.25, 0.3) is 0 Å². The fourth-order valence-corrected chi connectivity index (χ4v) is 6.99. The van der Waals surface area contributed by atoms with Crippen molar-refractivity contribution in [2.45, 2.75) is 0 Å². The standard InChI is InChI=1S/C44H30N2/c1-3-11-30(12-4-1)31-19-24-35(25-20-31)46(34-13-5-2-6-14-34)36-26-21-32(22-27-36)33-23-28-41-42(29-33)45-44-40-18-10-8-16-38(40)37-15-7-9-17-39(37)43(41)44/h1-29,45H. The van der Waals surface area contributed by atoms with Gasteiger partial charge in [0.2, 0.25) is 0 Å². The Morgan fingerprint density at radius 2 is 0.783 bits per heavy atom. The highest BCUT2D eigenvalue weighted by Crippen LogP contribution is 2.41. The molecule has 2 heteroatoms. The number of para-hydroxylation sites is 1. The second kappa shape index (κ2) is 10.8. The minimum absolute atomic E-state index is 1.12. The number of aromatic amines is 1. The molecular weight excluding hydrogens is 556 g/mol. The maximum absolute atomic E-state index is 3.80. The molecule has 0 unspecified atom stereocenters. The summed E-state index contributed by atoms with van der Waals surface area (Å²) in [4.78, 5) is 6.12. The minimum atomic E-state index is 1.12. The van der Waals surface area contributed by atoms with Crippen molar-refractivity contribution in [3.05, 3.63) is 176 Å². The lowest BCUT2D eigenvalue weighted by molar-refractivity contribution is 1.28. The number of hydrogen-bond donors (Lipinski definition) is 1. The van der Waals surface area contributed by atoms with E-state index in [-0.39, 0.29) is 0 Å². The highest BCUT2D eigenvalue weighted by molar-refractivity contribution is 6.31. The van der Waals surface area contributed by atoms with Crippen LogP contribution in [0.15, 0.2) is 176 Å².